The molecule has 21 heavy (non-hydrogen) atoms. The maximum Gasteiger partial charge on any atom is 0.284 e. The number of nitrogens with one attached hydrogen (secondary N) is 1. The van der Waals surface area contributed by atoms with Crippen LogP contribution in [0, 0.1) is 31.6 Å². The molecule has 108 valence electrons. The molecule has 0 radical (unpaired) electrons. The molecule has 0 amide bonds. The number of nitrogens with zero attached hydrogens (tertiary/aromatic N) is 4. The molecule has 0 fully saturated rings. The molecule has 0 spiro atoms. The SMILES string of the molecule is N#CC1=C(N[N+](=O)[O-])OCCN1c1ccc([N+](=O)[O-])cc1. The molecular formula is C11H9N5O5. The molecule has 1 aromatic carbocycles. The zero-order chi connectivity index (χ0) is 15.4. The molecule has 0 saturated heterocycles. The predicted molar refractivity (Wildman–Crippen MR) is 69.2 cm³/mol. The van der Waals surface area contributed by atoms with Crippen LogP contribution in [0.3, 0.4) is 0 Å². The number of hydrogen-bond acceptors (Lipinski definition) is 7. The predicted octanol–water partition coefficient (Wildman–Crippen LogP) is 0.905. The maximum absolute atomic E-state index is 10.6. The number of benzene rings is 1. The van der Waals surface area contributed by atoms with E-state index in [2.05, 4.69) is 0 Å². The molecule has 0 atom stereocenters. The van der Waals surface area contributed by atoms with Gasteiger partial charge in [-0.1, -0.05) is 5.43 Å². The van der Waals surface area contributed by atoms with Gasteiger partial charge in [0.25, 0.3) is 11.6 Å². The molecule has 0 aromatic heterocycles. The lowest BCUT2D eigenvalue weighted by molar-refractivity contribution is -0.541. The van der Waals surface area contributed by atoms with E-state index >= 15 is 0 Å². The third-order valence-electron chi connectivity index (χ3n) is 2.72. The van der Waals surface area contributed by atoms with Crippen molar-refractivity contribution in [3.8, 4) is 6.07 Å². The summed E-state index contributed by atoms with van der Waals surface area (Å²) >= 11 is 0. The smallest absolute Gasteiger partial charge is 0.284 e. The number of anilines is 1. The van der Waals surface area contributed by atoms with E-state index in [0.717, 1.165) is 0 Å². The van der Waals surface area contributed by atoms with Crippen LogP contribution in [0.1, 0.15) is 0 Å². The van der Waals surface area contributed by atoms with Gasteiger partial charge in [0.2, 0.25) is 0 Å². The first-order valence-electron chi connectivity index (χ1n) is 5.73. The number of ether oxygens (including phenoxy) is 1. The highest BCUT2D eigenvalue weighted by Crippen LogP contribution is 2.25. The summed E-state index contributed by atoms with van der Waals surface area (Å²) in [6, 6.07) is 7.33. The number of rotatable bonds is 4. The summed E-state index contributed by atoms with van der Waals surface area (Å²) in [5.74, 6) is -0.257. The molecule has 1 N–H and O–H groups in total. The molecule has 1 aliphatic rings. The van der Waals surface area contributed by atoms with Gasteiger partial charge < -0.3 is 9.64 Å². The van der Waals surface area contributed by atoms with Crippen LogP contribution < -0.4 is 10.3 Å². The lowest BCUT2D eigenvalue weighted by Gasteiger charge is -2.28. The number of nitro groups is 2. The molecule has 0 bridgehead atoms. The Labute approximate surface area is 118 Å². The second kappa shape index (κ2) is 5.74. The minimum Gasteiger partial charge on any atom is -0.472 e. The molecule has 1 heterocycles. The Morgan fingerprint density at radius 2 is 1.95 bits per heavy atom. The zero-order valence-corrected chi connectivity index (χ0v) is 10.6. The van der Waals surface area contributed by atoms with E-state index in [0.29, 0.717) is 12.2 Å². The molecule has 2 rings (SSSR count). The second-order valence-electron chi connectivity index (χ2n) is 3.93. The van der Waals surface area contributed by atoms with Crippen LogP contribution in [0.5, 0.6) is 0 Å². The van der Waals surface area contributed by atoms with E-state index in [9.17, 15) is 20.2 Å². The molecule has 0 saturated carbocycles. The van der Waals surface area contributed by atoms with Gasteiger partial charge in [0, 0.05) is 17.8 Å². The van der Waals surface area contributed by atoms with Gasteiger partial charge in [-0.2, -0.15) is 5.26 Å². The number of allylic oxidation sites excluding steroid dienone is 1. The molecule has 1 aliphatic heterocycles. The first kappa shape index (κ1) is 14.1. The third kappa shape index (κ3) is 2.98. The second-order valence-corrected chi connectivity index (χ2v) is 3.93. The van der Waals surface area contributed by atoms with Crippen molar-refractivity contribution >= 4 is 11.4 Å². The molecule has 10 nitrogen and oxygen atoms in total. The normalized spacial score (nSPS) is 14.1. The number of hydrazine groups is 1. The minimum absolute atomic E-state index is 0.0631. The Morgan fingerprint density at radius 3 is 2.48 bits per heavy atom. The van der Waals surface area contributed by atoms with Gasteiger partial charge in [-0.05, 0) is 12.1 Å². The fraction of sp³-hybridized carbons (Fsp3) is 0.182. The van der Waals surface area contributed by atoms with Gasteiger partial charge in [-0.15, -0.1) is 0 Å². The number of nitriles is 1. The van der Waals surface area contributed by atoms with Crippen LogP contribution >= 0.6 is 0 Å². The Hall–Kier alpha value is -3.35. The summed E-state index contributed by atoms with van der Waals surface area (Å²) in [6.45, 7) is 0.432. The van der Waals surface area contributed by atoms with Gasteiger partial charge in [0.1, 0.15) is 12.7 Å². The first-order valence-corrected chi connectivity index (χ1v) is 5.73. The van der Waals surface area contributed by atoms with E-state index in [4.69, 9.17) is 10.00 Å². The van der Waals surface area contributed by atoms with Crippen LogP contribution in [-0.4, -0.2) is 23.1 Å². The number of hydrogen-bond donors (Lipinski definition) is 1. The topological polar surface area (TPSA) is 135 Å². The van der Waals surface area contributed by atoms with Gasteiger partial charge in [-0.3, -0.25) is 10.1 Å². The van der Waals surface area contributed by atoms with Crippen molar-refractivity contribution in [3.63, 3.8) is 0 Å². The third-order valence-corrected chi connectivity index (χ3v) is 2.72. The Bertz CT molecular complexity index is 648. The highest BCUT2D eigenvalue weighted by atomic mass is 16.7. The van der Waals surface area contributed by atoms with Crippen molar-refractivity contribution in [2.24, 2.45) is 0 Å². The number of non-ortho nitro benzene ring substituents is 1. The average Bonchev–Trinajstić information content (AvgIpc) is 2.46. The van der Waals surface area contributed by atoms with Crippen molar-refractivity contribution in [1.29, 1.82) is 5.26 Å². The van der Waals surface area contributed by atoms with Crippen LogP contribution in [0.25, 0.3) is 0 Å². The summed E-state index contributed by atoms with van der Waals surface area (Å²) in [6.07, 6.45) is 0. The van der Waals surface area contributed by atoms with E-state index < -0.39 is 9.96 Å². The molecular weight excluding hydrogens is 282 g/mol. The zero-order valence-electron chi connectivity index (χ0n) is 10.6. The average molecular weight is 291 g/mol. The summed E-state index contributed by atoms with van der Waals surface area (Å²) in [5, 5.41) is 29.4. The van der Waals surface area contributed by atoms with Gasteiger partial charge in [-0.25, -0.2) is 10.1 Å². The van der Waals surface area contributed by atoms with Crippen LogP contribution in [0.15, 0.2) is 35.8 Å². The van der Waals surface area contributed by atoms with Crippen molar-refractivity contribution in [2.45, 2.75) is 0 Å². The largest absolute Gasteiger partial charge is 0.472 e. The first-order chi connectivity index (χ1) is 10.0. The molecule has 0 unspecified atom stereocenters. The Kier molecular flexibility index (Phi) is 3.85. The quantitative estimate of drug-likeness (QED) is 0.638. The highest BCUT2D eigenvalue weighted by Gasteiger charge is 2.26. The van der Waals surface area contributed by atoms with Crippen molar-refractivity contribution in [1.82, 2.24) is 5.43 Å². The van der Waals surface area contributed by atoms with Gasteiger partial charge in [0.05, 0.1) is 11.5 Å². The fourth-order valence-corrected chi connectivity index (χ4v) is 1.83. The summed E-state index contributed by atoms with van der Waals surface area (Å²) in [4.78, 5) is 22.0. The van der Waals surface area contributed by atoms with Crippen molar-refractivity contribution < 1.29 is 14.7 Å². The maximum atomic E-state index is 10.6. The van der Waals surface area contributed by atoms with Crippen LogP contribution in [0.2, 0.25) is 0 Å². The standard InChI is InChI=1S/C11H9N5O5/c12-7-10-11(13-16(19)20)21-6-5-14(10)8-1-3-9(4-2-8)15(17)18/h1-4,13H,5-6H2. The van der Waals surface area contributed by atoms with Crippen molar-refractivity contribution in [2.75, 3.05) is 18.1 Å². The summed E-state index contributed by atoms with van der Waals surface area (Å²) in [5.41, 5.74) is 2.17. The lowest BCUT2D eigenvalue weighted by Crippen LogP contribution is -2.37. The van der Waals surface area contributed by atoms with Gasteiger partial charge in [0.15, 0.2) is 10.7 Å². The molecule has 10 heteroatoms. The van der Waals surface area contributed by atoms with E-state index in [1.165, 1.54) is 29.2 Å². The Balaban J connectivity index is 2.35. The molecule has 1 aromatic rings. The van der Waals surface area contributed by atoms with Crippen molar-refractivity contribution in [3.05, 3.63) is 56.1 Å². The summed E-state index contributed by atoms with van der Waals surface area (Å²) in [7, 11) is 0. The van der Waals surface area contributed by atoms with E-state index in [1.54, 1.807) is 0 Å². The molecule has 0 aliphatic carbocycles. The van der Waals surface area contributed by atoms with E-state index in [1.807, 2.05) is 11.5 Å². The highest BCUT2D eigenvalue weighted by molar-refractivity contribution is 5.58. The van der Waals surface area contributed by atoms with Crippen LogP contribution in [-0.2, 0) is 4.74 Å². The van der Waals surface area contributed by atoms with Gasteiger partial charge >= 0.3 is 0 Å². The fourth-order valence-electron chi connectivity index (χ4n) is 1.83. The summed E-state index contributed by atoms with van der Waals surface area (Å²) < 4.78 is 5.06. The van der Waals surface area contributed by atoms with E-state index in [-0.39, 0.29) is 23.9 Å². The Morgan fingerprint density at radius 1 is 1.29 bits per heavy atom. The monoisotopic (exact) mass is 291 g/mol. The number of nitro benzene ring substituents is 1. The minimum atomic E-state index is -0.827. The van der Waals surface area contributed by atoms with Crippen LogP contribution in [0.4, 0.5) is 11.4 Å². The lowest BCUT2D eigenvalue weighted by atomic mass is 10.2.